The van der Waals surface area contributed by atoms with Crippen LogP contribution in [-0.2, 0) is 0 Å². The fraction of sp³-hybridized carbons (Fsp3) is 0.176. The maximum absolute atomic E-state index is 6.03. The number of ether oxygens (including phenoxy) is 2. The summed E-state index contributed by atoms with van der Waals surface area (Å²) in [7, 11) is 0. The standard InChI is InChI=1S/C17H16BrN5O2/c1-10-3-5-12(6-4-10)14-9-22-17(23-15(14)19)25-11(2)24-16-20-7-13(18)8-21-16/h3-9,11H,1-2H3,(H2,19,22,23). The Bertz CT molecular complexity index is 856. The summed E-state index contributed by atoms with van der Waals surface area (Å²) in [4.78, 5) is 16.4. The minimum atomic E-state index is -0.675. The van der Waals surface area contributed by atoms with Gasteiger partial charge in [0.15, 0.2) is 0 Å². The first-order chi connectivity index (χ1) is 12.0. The third-order valence-electron chi connectivity index (χ3n) is 3.30. The van der Waals surface area contributed by atoms with Crippen LogP contribution >= 0.6 is 15.9 Å². The van der Waals surface area contributed by atoms with Crippen molar-refractivity contribution in [1.29, 1.82) is 0 Å². The van der Waals surface area contributed by atoms with Crippen LogP contribution in [0.5, 0.6) is 12.0 Å². The Balaban J connectivity index is 1.69. The summed E-state index contributed by atoms with van der Waals surface area (Å²) in [6, 6.07) is 8.28. The number of nitrogens with two attached hydrogens (primary N) is 1. The first-order valence-corrected chi connectivity index (χ1v) is 8.31. The van der Waals surface area contributed by atoms with E-state index in [2.05, 4.69) is 35.9 Å². The van der Waals surface area contributed by atoms with Gasteiger partial charge >= 0.3 is 12.0 Å². The first kappa shape index (κ1) is 17.1. The highest BCUT2D eigenvalue weighted by Gasteiger charge is 2.12. The summed E-state index contributed by atoms with van der Waals surface area (Å²) < 4.78 is 11.7. The summed E-state index contributed by atoms with van der Waals surface area (Å²) in [6.07, 6.45) is 4.12. The Kier molecular flexibility index (Phi) is 5.08. The number of benzene rings is 1. The molecule has 1 aromatic carbocycles. The van der Waals surface area contributed by atoms with E-state index in [9.17, 15) is 0 Å². The van der Waals surface area contributed by atoms with E-state index in [-0.39, 0.29) is 12.0 Å². The number of nitrogen functional groups attached to an aromatic ring is 1. The van der Waals surface area contributed by atoms with Crippen LogP contribution in [0.4, 0.5) is 5.82 Å². The molecule has 3 rings (SSSR count). The summed E-state index contributed by atoms with van der Waals surface area (Å²) in [5, 5.41) is 0. The SMILES string of the molecule is Cc1ccc(-c2cnc(OC(C)Oc3ncc(Br)cn3)nc2N)cc1. The minimum absolute atomic E-state index is 0.123. The average Bonchev–Trinajstić information content (AvgIpc) is 2.58. The van der Waals surface area contributed by atoms with E-state index in [0.29, 0.717) is 5.82 Å². The molecule has 0 bridgehead atoms. The van der Waals surface area contributed by atoms with E-state index in [1.54, 1.807) is 25.5 Å². The monoisotopic (exact) mass is 401 g/mol. The molecule has 3 aromatic rings. The number of aromatic nitrogens is 4. The second-order valence-corrected chi connectivity index (χ2v) is 6.22. The number of halogens is 1. The molecule has 1 atom stereocenters. The number of nitrogens with zero attached hydrogens (tertiary/aromatic N) is 4. The molecule has 0 aliphatic heterocycles. The third-order valence-corrected chi connectivity index (χ3v) is 3.71. The molecule has 2 heterocycles. The summed E-state index contributed by atoms with van der Waals surface area (Å²) in [5.74, 6) is 0.334. The lowest BCUT2D eigenvalue weighted by Gasteiger charge is -2.14. The van der Waals surface area contributed by atoms with Gasteiger partial charge in [-0.1, -0.05) is 29.8 Å². The smallest absolute Gasteiger partial charge is 0.321 e. The molecular formula is C17H16BrN5O2. The predicted octanol–water partition coefficient (Wildman–Crippen LogP) is 3.39. The van der Waals surface area contributed by atoms with Gasteiger partial charge in [0.1, 0.15) is 5.82 Å². The van der Waals surface area contributed by atoms with Gasteiger partial charge in [-0.3, -0.25) is 0 Å². The lowest BCUT2D eigenvalue weighted by atomic mass is 10.1. The van der Waals surface area contributed by atoms with Gasteiger partial charge in [0.05, 0.1) is 4.47 Å². The van der Waals surface area contributed by atoms with E-state index in [4.69, 9.17) is 15.2 Å². The van der Waals surface area contributed by atoms with E-state index in [1.165, 1.54) is 5.56 Å². The van der Waals surface area contributed by atoms with Crippen molar-refractivity contribution in [1.82, 2.24) is 19.9 Å². The normalized spacial score (nSPS) is 11.8. The Morgan fingerprint density at radius 2 is 1.56 bits per heavy atom. The zero-order valence-corrected chi connectivity index (χ0v) is 15.3. The minimum Gasteiger partial charge on any atom is -0.423 e. The number of hydrogen-bond acceptors (Lipinski definition) is 7. The quantitative estimate of drug-likeness (QED) is 0.654. The van der Waals surface area contributed by atoms with Crippen LogP contribution in [-0.4, -0.2) is 26.2 Å². The summed E-state index contributed by atoms with van der Waals surface area (Å²) in [5.41, 5.74) is 8.90. The van der Waals surface area contributed by atoms with Crippen molar-refractivity contribution >= 4 is 21.7 Å². The van der Waals surface area contributed by atoms with Crippen LogP contribution in [0.15, 0.2) is 47.3 Å². The maximum Gasteiger partial charge on any atom is 0.321 e. The zero-order valence-electron chi connectivity index (χ0n) is 13.7. The van der Waals surface area contributed by atoms with Crippen molar-refractivity contribution < 1.29 is 9.47 Å². The predicted molar refractivity (Wildman–Crippen MR) is 97.1 cm³/mol. The van der Waals surface area contributed by atoms with Crippen molar-refractivity contribution in [2.45, 2.75) is 20.1 Å². The van der Waals surface area contributed by atoms with Crippen LogP contribution < -0.4 is 15.2 Å². The average molecular weight is 402 g/mol. The molecule has 1 unspecified atom stereocenters. The van der Waals surface area contributed by atoms with Gasteiger partial charge in [0.2, 0.25) is 6.29 Å². The third kappa shape index (κ3) is 4.42. The van der Waals surface area contributed by atoms with Crippen molar-refractivity contribution in [2.24, 2.45) is 0 Å². The van der Waals surface area contributed by atoms with Gasteiger partial charge in [-0.05, 0) is 28.4 Å². The topological polar surface area (TPSA) is 96.0 Å². The fourth-order valence-corrected chi connectivity index (χ4v) is 2.28. The molecule has 0 aliphatic carbocycles. The van der Waals surface area contributed by atoms with Crippen molar-refractivity contribution in [3.63, 3.8) is 0 Å². The van der Waals surface area contributed by atoms with E-state index in [0.717, 1.165) is 15.6 Å². The van der Waals surface area contributed by atoms with Crippen molar-refractivity contribution in [3.05, 3.63) is 52.9 Å². The lowest BCUT2D eigenvalue weighted by molar-refractivity contribution is 0.00755. The van der Waals surface area contributed by atoms with Crippen molar-refractivity contribution in [3.8, 4) is 23.1 Å². The second-order valence-electron chi connectivity index (χ2n) is 5.30. The fourth-order valence-electron chi connectivity index (χ4n) is 2.07. The first-order valence-electron chi connectivity index (χ1n) is 7.51. The van der Waals surface area contributed by atoms with E-state index >= 15 is 0 Å². The van der Waals surface area contributed by atoms with Gasteiger partial charge in [-0.15, -0.1) is 0 Å². The van der Waals surface area contributed by atoms with E-state index < -0.39 is 6.29 Å². The van der Waals surface area contributed by atoms with Gasteiger partial charge in [0, 0.05) is 31.1 Å². The zero-order chi connectivity index (χ0) is 17.8. The molecular weight excluding hydrogens is 386 g/mol. The number of rotatable bonds is 5. The molecule has 0 saturated heterocycles. The van der Waals surface area contributed by atoms with E-state index in [1.807, 2.05) is 31.2 Å². The molecule has 8 heteroatoms. The summed E-state index contributed by atoms with van der Waals surface area (Å²) in [6.45, 7) is 3.72. The lowest BCUT2D eigenvalue weighted by Crippen LogP contribution is -2.22. The van der Waals surface area contributed by atoms with Gasteiger partial charge in [-0.2, -0.15) is 4.98 Å². The van der Waals surface area contributed by atoms with Crippen LogP contribution in [0.1, 0.15) is 12.5 Å². The summed E-state index contributed by atoms with van der Waals surface area (Å²) >= 11 is 3.26. The molecule has 25 heavy (non-hydrogen) atoms. The highest BCUT2D eigenvalue weighted by molar-refractivity contribution is 9.10. The second kappa shape index (κ2) is 7.43. The van der Waals surface area contributed by atoms with Gasteiger partial charge in [-0.25, -0.2) is 15.0 Å². The van der Waals surface area contributed by atoms with Gasteiger partial charge in [0.25, 0.3) is 0 Å². The number of anilines is 1. The molecule has 2 N–H and O–H groups in total. The van der Waals surface area contributed by atoms with Crippen LogP contribution in [0, 0.1) is 6.92 Å². The van der Waals surface area contributed by atoms with Gasteiger partial charge < -0.3 is 15.2 Å². The Morgan fingerprint density at radius 1 is 0.960 bits per heavy atom. The van der Waals surface area contributed by atoms with Crippen molar-refractivity contribution in [2.75, 3.05) is 5.73 Å². The molecule has 128 valence electrons. The molecule has 7 nitrogen and oxygen atoms in total. The van der Waals surface area contributed by atoms with Crippen LogP contribution in [0.2, 0.25) is 0 Å². The number of aryl methyl sites for hydroxylation is 1. The maximum atomic E-state index is 6.03. The molecule has 0 amide bonds. The highest BCUT2D eigenvalue weighted by Crippen LogP contribution is 2.25. The molecule has 0 saturated carbocycles. The molecule has 0 aliphatic rings. The molecule has 0 fully saturated rings. The Hall–Kier alpha value is -2.74. The number of hydrogen-bond donors (Lipinski definition) is 1. The highest BCUT2D eigenvalue weighted by atomic mass is 79.9. The molecule has 2 aromatic heterocycles. The molecule has 0 radical (unpaired) electrons. The Morgan fingerprint density at radius 3 is 2.20 bits per heavy atom. The Labute approximate surface area is 153 Å². The largest absolute Gasteiger partial charge is 0.423 e. The van der Waals surface area contributed by atoms with Crippen LogP contribution in [0.3, 0.4) is 0 Å². The van der Waals surface area contributed by atoms with Crippen LogP contribution in [0.25, 0.3) is 11.1 Å². The molecule has 0 spiro atoms.